The number of carbonyl (C=O) groups excluding carboxylic acids is 4. The van der Waals surface area contributed by atoms with E-state index in [4.69, 9.17) is 4.74 Å². The fraction of sp³-hybridized carbons (Fsp3) is 0.310. The molecule has 0 aliphatic carbocycles. The normalized spacial score (nSPS) is 17.7. The summed E-state index contributed by atoms with van der Waals surface area (Å²) in [4.78, 5) is 64.2. The first-order valence-corrected chi connectivity index (χ1v) is 13.8. The average molecular weight is 610 g/mol. The molecule has 15 heteroatoms. The molecular formula is C29H26F3N7O5. The van der Waals surface area contributed by atoms with Crippen LogP contribution < -0.4 is 25.2 Å². The first-order valence-electron chi connectivity index (χ1n) is 13.8. The van der Waals surface area contributed by atoms with Crippen LogP contribution in [0.25, 0.3) is 0 Å². The third-order valence-corrected chi connectivity index (χ3v) is 7.67. The smallest absolute Gasteiger partial charge is 0.408 e. The zero-order chi connectivity index (χ0) is 31.2. The van der Waals surface area contributed by atoms with Crippen LogP contribution in [0.5, 0.6) is 5.75 Å². The zero-order valence-corrected chi connectivity index (χ0v) is 23.3. The number of fused-ring (bicyclic) bond motifs is 5. The second kappa shape index (κ2) is 11.1. The van der Waals surface area contributed by atoms with Gasteiger partial charge < -0.3 is 15.0 Å². The summed E-state index contributed by atoms with van der Waals surface area (Å²) < 4.78 is 44.7. The lowest BCUT2D eigenvalue weighted by Crippen LogP contribution is -2.49. The maximum atomic E-state index is 13.5. The second-order valence-corrected chi connectivity index (χ2v) is 10.5. The van der Waals surface area contributed by atoms with Crippen molar-refractivity contribution < 1.29 is 37.1 Å². The Kier molecular flexibility index (Phi) is 7.31. The fourth-order valence-electron chi connectivity index (χ4n) is 5.39. The topological polar surface area (TPSA) is 137 Å². The number of hydrogen-bond acceptors (Lipinski definition) is 8. The molecule has 0 unspecified atom stereocenters. The average Bonchev–Trinajstić information content (AvgIpc) is 3.52. The van der Waals surface area contributed by atoms with Gasteiger partial charge in [-0.05, 0) is 43.7 Å². The molecule has 3 aliphatic rings. The van der Waals surface area contributed by atoms with Gasteiger partial charge in [0.1, 0.15) is 29.9 Å². The van der Waals surface area contributed by atoms with E-state index in [1.54, 1.807) is 36.4 Å². The number of nitrogens with zero attached hydrogens (tertiary/aromatic N) is 5. The molecule has 2 bridgehead atoms. The first kappa shape index (κ1) is 28.9. The number of amides is 5. The van der Waals surface area contributed by atoms with Crippen LogP contribution >= 0.6 is 0 Å². The molecule has 0 radical (unpaired) electrons. The highest BCUT2D eigenvalue weighted by Crippen LogP contribution is 2.39. The van der Waals surface area contributed by atoms with E-state index >= 15 is 0 Å². The van der Waals surface area contributed by atoms with Gasteiger partial charge in [0.2, 0.25) is 0 Å². The molecule has 1 aromatic carbocycles. The molecule has 228 valence electrons. The van der Waals surface area contributed by atoms with E-state index < -0.39 is 36.0 Å². The molecule has 12 nitrogen and oxygen atoms in total. The molecule has 44 heavy (non-hydrogen) atoms. The van der Waals surface area contributed by atoms with E-state index in [0.29, 0.717) is 42.1 Å². The van der Waals surface area contributed by atoms with E-state index in [-0.39, 0.29) is 36.5 Å². The van der Waals surface area contributed by atoms with Crippen molar-refractivity contribution in [3.05, 3.63) is 71.5 Å². The summed E-state index contributed by atoms with van der Waals surface area (Å²) in [7, 11) is 0. The predicted octanol–water partition coefficient (Wildman–Crippen LogP) is 3.46. The summed E-state index contributed by atoms with van der Waals surface area (Å²) in [6, 6.07) is 9.52. The Balaban J connectivity index is 1.13. The number of nitrogens with one attached hydrogen (secondary N) is 2. The minimum absolute atomic E-state index is 0.00198. The van der Waals surface area contributed by atoms with Gasteiger partial charge in [0.15, 0.2) is 5.82 Å². The van der Waals surface area contributed by atoms with Crippen molar-refractivity contribution in [3.8, 4) is 5.75 Å². The van der Waals surface area contributed by atoms with Crippen LogP contribution in [0.1, 0.15) is 44.5 Å². The quantitative estimate of drug-likeness (QED) is 0.389. The van der Waals surface area contributed by atoms with Gasteiger partial charge in [0.25, 0.3) is 17.7 Å². The van der Waals surface area contributed by atoms with Gasteiger partial charge in [-0.2, -0.15) is 13.2 Å². The van der Waals surface area contributed by atoms with Crippen molar-refractivity contribution in [2.75, 3.05) is 41.4 Å². The van der Waals surface area contributed by atoms with E-state index in [1.165, 1.54) is 23.2 Å². The molecule has 0 spiro atoms. The van der Waals surface area contributed by atoms with Gasteiger partial charge >= 0.3 is 12.2 Å². The summed E-state index contributed by atoms with van der Waals surface area (Å²) in [5.74, 6) is -1.19. The van der Waals surface area contributed by atoms with Crippen molar-refractivity contribution >= 4 is 41.1 Å². The van der Waals surface area contributed by atoms with Gasteiger partial charge in [0, 0.05) is 25.4 Å². The number of rotatable bonds is 7. The number of imide groups is 1. The number of alkyl halides is 3. The van der Waals surface area contributed by atoms with Gasteiger partial charge in [0.05, 0.1) is 29.4 Å². The molecule has 2 atom stereocenters. The van der Waals surface area contributed by atoms with E-state index in [1.807, 2.05) is 10.2 Å². The number of aromatic nitrogens is 2. The van der Waals surface area contributed by atoms with E-state index in [0.717, 1.165) is 11.8 Å². The van der Waals surface area contributed by atoms with Crippen LogP contribution in [0.4, 0.5) is 35.3 Å². The van der Waals surface area contributed by atoms with Crippen molar-refractivity contribution in [1.82, 2.24) is 20.2 Å². The number of halogens is 3. The largest absolute Gasteiger partial charge is 0.492 e. The molecular weight excluding hydrogens is 583 g/mol. The number of hydrogen-bond donors (Lipinski definition) is 2. The SMILES string of the molecule is C[C@@H](NC(=O)c1ccc2c(n1)N(C(=O)Nc1cc(OCCN3C(=O)c4ccccc4C3=O)ccn1)[C@H]1CCN2C1)C(F)(F)F. The van der Waals surface area contributed by atoms with E-state index in [9.17, 15) is 32.3 Å². The number of pyridine rings is 2. The molecule has 3 aliphatic heterocycles. The molecule has 2 N–H and O–H groups in total. The molecule has 1 fully saturated rings. The molecule has 3 aromatic rings. The Morgan fingerprint density at radius 1 is 1.09 bits per heavy atom. The predicted molar refractivity (Wildman–Crippen MR) is 151 cm³/mol. The van der Waals surface area contributed by atoms with Gasteiger partial charge in [-0.25, -0.2) is 14.8 Å². The highest BCUT2D eigenvalue weighted by Gasteiger charge is 2.42. The summed E-state index contributed by atoms with van der Waals surface area (Å²) in [5.41, 5.74) is 1.00. The Bertz CT molecular complexity index is 1630. The molecule has 1 saturated heterocycles. The van der Waals surface area contributed by atoms with Crippen molar-refractivity contribution in [3.63, 3.8) is 0 Å². The molecule has 0 saturated carbocycles. The number of anilines is 3. The maximum absolute atomic E-state index is 13.5. The van der Waals surface area contributed by atoms with Gasteiger partial charge in [-0.1, -0.05) is 12.1 Å². The standard InChI is InChI=1S/C29H26F3N7O5/c1-16(29(30,31)32)34-25(40)21-6-7-22-24(35-21)39(17-9-11-37(22)15-17)28(43)36-23-14-18(8-10-33-23)44-13-12-38-26(41)19-4-2-3-5-20(19)27(38)42/h2-8,10,14,16-17H,9,11-13,15H2,1H3,(H,34,40)(H,33,36,43)/t16-,17+/m1/s1. The molecule has 5 heterocycles. The van der Waals surface area contributed by atoms with Crippen molar-refractivity contribution in [2.24, 2.45) is 0 Å². The van der Waals surface area contributed by atoms with Crippen LogP contribution in [-0.2, 0) is 0 Å². The number of benzene rings is 1. The Morgan fingerprint density at radius 3 is 2.52 bits per heavy atom. The van der Waals surface area contributed by atoms with Crippen LogP contribution in [-0.4, -0.2) is 83.1 Å². The van der Waals surface area contributed by atoms with Gasteiger partial charge in [-0.3, -0.25) is 29.5 Å². The summed E-state index contributed by atoms with van der Waals surface area (Å²) in [5, 5.41) is 4.60. The molecule has 2 aromatic heterocycles. The molecule has 5 amide bonds. The third-order valence-electron chi connectivity index (χ3n) is 7.67. The Hall–Kier alpha value is -5.21. The van der Waals surface area contributed by atoms with Crippen LogP contribution in [0, 0.1) is 0 Å². The van der Waals surface area contributed by atoms with Crippen LogP contribution in [0.3, 0.4) is 0 Å². The van der Waals surface area contributed by atoms with Gasteiger partial charge in [-0.15, -0.1) is 0 Å². The highest BCUT2D eigenvalue weighted by atomic mass is 19.4. The summed E-state index contributed by atoms with van der Waals surface area (Å²) in [6.07, 6.45) is -2.59. The van der Waals surface area contributed by atoms with Crippen molar-refractivity contribution in [1.29, 1.82) is 0 Å². The fourth-order valence-corrected chi connectivity index (χ4v) is 5.39. The second-order valence-electron chi connectivity index (χ2n) is 10.5. The lowest BCUT2D eigenvalue weighted by atomic mass is 10.1. The first-order chi connectivity index (χ1) is 21.0. The summed E-state index contributed by atoms with van der Waals surface area (Å²) >= 11 is 0. The van der Waals surface area contributed by atoms with Crippen LogP contribution in [0.15, 0.2) is 54.7 Å². The lowest BCUT2D eigenvalue weighted by Gasteiger charge is -2.35. The molecule has 6 rings (SSSR count). The highest BCUT2D eigenvalue weighted by molar-refractivity contribution is 6.21. The number of carbonyl (C=O) groups is 4. The minimum atomic E-state index is -4.62. The maximum Gasteiger partial charge on any atom is 0.408 e. The summed E-state index contributed by atoms with van der Waals surface area (Å²) in [6.45, 7) is 2.00. The Morgan fingerprint density at radius 2 is 1.82 bits per heavy atom. The van der Waals surface area contributed by atoms with Crippen molar-refractivity contribution in [2.45, 2.75) is 31.6 Å². The Labute approximate surface area is 248 Å². The number of urea groups is 1. The number of ether oxygens (including phenoxy) is 1. The third kappa shape index (κ3) is 5.36. The lowest BCUT2D eigenvalue weighted by molar-refractivity contribution is -0.149. The minimum Gasteiger partial charge on any atom is -0.492 e. The van der Waals surface area contributed by atoms with Crippen LogP contribution in [0.2, 0.25) is 0 Å². The van der Waals surface area contributed by atoms with E-state index in [2.05, 4.69) is 15.3 Å². The monoisotopic (exact) mass is 609 g/mol. The zero-order valence-electron chi connectivity index (χ0n) is 23.3.